The summed E-state index contributed by atoms with van der Waals surface area (Å²) in [6.45, 7) is 2.36. The summed E-state index contributed by atoms with van der Waals surface area (Å²) in [5, 5.41) is 21.7. The van der Waals surface area contributed by atoms with Gasteiger partial charge in [0.2, 0.25) is 0 Å². The Bertz CT molecular complexity index is 280. The fourth-order valence-corrected chi connectivity index (χ4v) is 3.08. The summed E-state index contributed by atoms with van der Waals surface area (Å²) in [6.07, 6.45) is 8.15. The maximum atomic E-state index is 9.35. The van der Waals surface area contributed by atoms with Crippen molar-refractivity contribution in [3.05, 3.63) is 0 Å². The Hall–Kier alpha value is -0.590. The molecule has 2 atom stereocenters. The molecule has 2 aliphatic rings. The van der Waals surface area contributed by atoms with Crippen molar-refractivity contribution in [3.63, 3.8) is 0 Å². The Labute approximate surface area is 104 Å². The van der Waals surface area contributed by atoms with Crippen molar-refractivity contribution in [2.24, 2.45) is 17.3 Å². The number of nitrogens with zero attached hydrogens (tertiary/aromatic N) is 1. The lowest BCUT2D eigenvalue weighted by molar-refractivity contribution is 0.132. The largest absolute Gasteiger partial charge is 0.396 e. The standard InChI is InChI=1S/C14H24N2O/c15-8-7-14(5-6-14)11-16-9-12-3-1-2-4-13(12)10-17/h12-13,16-17H,1-7,9-11H2. The molecule has 0 aliphatic heterocycles. The first kappa shape index (κ1) is 12.9. The van der Waals surface area contributed by atoms with Crippen LogP contribution < -0.4 is 5.32 Å². The van der Waals surface area contributed by atoms with Gasteiger partial charge in [-0.15, -0.1) is 0 Å². The van der Waals surface area contributed by atoms with Crippen molar-refractivity contribution >= 4 is 0 Å². The third-order valence-corrected chi connectivity index (χ3v) is 4.62. The zero-order valence-corrected chi connectivity index (χ0v) is 10.6. The van der Waals surface area contributed by atoms with Crippen LogP contribution in [-0.4, -0.2) is 24.8 Å². The Kier molecular flexibility index (Phi) is 4.42. The van der Waals surface area contributed by atoms with Gasteiger partial charge in [-0.3, -0.25) is 0 Å². The maximum absolute atomic E-state index is 9.35. The molecule has 2 fully saturated rings. The minimum atomic E-state index is 0.304. The van der Waals surface area contributed by atoms with Crippen molar-refractivity contribution < 1.29 is 5.11 Å². The fraction of sp³-hybridized carbons (Fsp3) is 0.929. The molecule has 0 bridgehead atoms. The van der Waals surface area contributed by atoms with Crippen LogP contribution in [-0.2, 0) is 0 Å². The van der Waals surface area contributed by atoms with Crippen LogP contribution in [0.1, 0.15) is 44.9 Å². The van der Waals surface area contributed by atoms with Gasteiger partial charge in [0.1, 0.15) is 0 Å². The van der Waals surface area contributed by atoms with Gasteiger partial charge in [0.15, 0.2) is 0 Å². The Balaban J connectivity index is 1.69. The Morgan fingerprint density at radius 3 is 2.53 bits per heavy atom. The molecule has 2 N–H and O–H groups in total. The molecule has 0 spiro atoms. The van der Waals surface area contributed by atoms with E-state index < -0.39 is 0 Å². The van der Waals surface area contributed by atoms with E-state index in [2.05, 4.69) is 11.4 Å². The summed E-state index contributed by atoms with van der Waals surface area (Å²) < 4.78 is 0. The molecule has 0 radical (unpaired) electrons. The van der Waals surface area contributed by atoms with Crippen molar-refractivity contribution in [2.45, 2.75) is 44.9 Å². The molecule has 0 aromatic rings. The molecule has 0 amide bonds. The van der Waals surface area contributed by atoms with Crippen LogP contribution in [0.15, 0.2) is 0 Å². The molecule has 0 aromatic heterocycles. The number of hydrogen-bond acceptors (Lipinski definition) is 3. The van der Waals surface area contributed by atoms with Crippen LogP contribution in [0.25, 0.3) is 0 Å². The first-order valence-electron chi connectivity index (χ1n) is 6.98. The van der Waals surface area contributed by atoms with Gasteiger partial charge in [0.05, 0.1) is 6.07 Å². The fourth-order valence-electron chi connectivity index (χ4n) is 3.08. The summed E-state index contributed by atoms with van der Waals surface area (Å²) >= 11 is 0. The topological polar surface area (TPSA) is 56.0 Å². The molecule has 2 aliphatic carbocycles. The molecule has 96 valence electrons. The van der Waals surface area contributed by atoms with E-state index in [9.17, 15) is 5.11 Å². The molecule has 2 rings (SSSR count). The van der Waals surface area contributed by atoms with Crippen molar-refractivity contribution in [3.8, 4) is 6.07 Å². The zero-order chi connectivity index (χ0) is 12.1. The number of nitrogens with one attached hydrogen (secondary N) is 1. The van der Waals surface area contributed by atoms with E-state index in [1.165, 1.54) is 38.5 Å². The molecule has 2 saturated carbocycles. The Morgan fingerprint density at radius 2 is 1.94 bits per heavy atom. The molecule has 2 unspecified atom stereocenters. The van der Waals surface area contributed by atoms with E-state index in [0.717, 1.165) is 13.1 Å². The van der Waals surface area contributed by atoms with Gasteiger partial charge in [-0.05, 0) is 49.5 Å². The molecule has 0 heterocycles. The summed E-state index contributed by atoms with van der Waals surface area (Å²) in [4.78, 5) is 0. The number of aliphatic hydroxyl groups is 1. The average molecular weight is 236 g/mol. The molecular weight excluding hydrogens is 212 g/mol. The van der Waals surface area contributed by atoms with Crippen LogP contribution >= 0.6 is 0 Å². The summed E-state index contributed by atoms with van der Waals surface area (Å²) in [7, 11) is 0. The molecule has 0 saturated heterocycles. The average Bonchev–Trinajstić information content (AvgIpc) is 3.10. The molecule has 0 aromatic carbocycles. The number of nitriles is 1. The van der Waals surface area contributed by atoms with E-state index in [1.807, 2.05) is 0 Å². The van der Waals surface area contributed by atoms with Crippen molar-refractivity contribution in [1.29, 1.82) is 5.26 Å². The van der Waals surface area contributed by atoms with Crippen LogP contribution in [0.2, 0.25) is 0 Å². The highest BCUT2D eigenvalue weighted by molar-refractivity contribution is 5.00. The highest BCUT2D eigenvalue weighted by Crippen LogP contribution is 2.47. The summed E-state index contributed by atoms with van der Waals surface area (Å²) in [6, 6.07) is 2.30. The lowest BCUT2D eigenvalue weighted by Crippen LogP contribution is -2.35. The minimum Gasteiger partial charge on any atom is -0.396 e. The van der Waals surface area contributed by atoms with Gasteiger partial charge in [-0.25, -0.2) is 0 Å². The molecule has 17 heavy (non-hydrogen) atoms. The third kappa shape index (κ3) is 3.43. The van der Waals surface area contributed by atoms with E-state index in [4.69, 9.17) is 5.26 Å². The Morgan fingerprint density at radius 1 is 1.24 bits per heavy atom. The summed E-state index contributed by atoms with van der Waals surface area (Å²) in [5.41, 5.74) is 0.304. The van der Waals surface area contributed by atoms with Gasteiger partial charge in [-0.1, -0.05) is 12.8 Å². The second-order valence-corrected chi connectivity index (χ2v) is 5.95. The normalized spacial score (nSPS) is 30.8. The molecule has 3 nitrogen and oxygen atoms in total. The van der Waals surface area contributed by atoms with Crippen molar-refractivity contribution in [2.75, 3.05) is 19.7 Å². The van der Waals surface area contributed by atoms with E-state index in [1.54, 1.807) is 0 Å². The van der Waals surface area contributed by atoms with Crippen LogP contribution in [0.5, 0.6) is 0 Å². The summed E-state index contributed by atoms with van der Waals surface area (Å²) in [5.74, 6) is 1.15. The first-order chi connectivity index (χ1) is 8.29. The second kappa shape index (κ2) is 5.84. The quantitative estimate of drug-likeness (QED) is 0.742. The van der Waals surface area contributed by atoms with E-state index >= 15 is 0 Å². The van der Waals surface area contributed by atoms with Crippen LogP contribution in [0.4, 0.5) is 0 Å². The van der Waals surface area contributed by atoms with E-state index in [-0.39, 0.29) is 0 Å². The molecular formula is C14H24N2O. The van der Waals surface area contributed by atoms with Gasteiger partial charge in [-0.2, -0.15) is 5.26 Å². The zero-order valence-electron chi connectivity index (χ0n) is 10.6. The number of rotatable bonds is 6. The monoisotopic (exact) mass is 236 g/mol. The number of hydrogen-bond donors (Lipinski definition) is 2. The van der Waals surface area contributed by atoms with Gasteiger partial charge < -0.3 is 10.4 Å². The maximum Gasteiger partial charge on any atom is 0.0628 e. The SMILES string of the molecule is N#CCC1(CNCC2CCCCC2CO)CC1. The lowest BCUT2D eigenvalue weighted by Gasteiger charge is -2.30. The highest BCUT2D eigenvalue weighted by Gasteiger charge is 2.42. The smallest absolute Gasteiger partial charge is 0.0628 e. The van der Waals surface area contributed by atoms with Crippen molar-refractivity contribution in [1.82, 2.24) is 5.32 Å². The predicted molar refractivity (Wildman–Crippen MR) is 67.3 cm³/mol. The third-order valence-electron chi connectivity index (χ3n) is 4.62. The van der Waals surface area contributed by atoms with Gasteiger partial charge >= 0.3 is 0 Å². The van der Waals surface area contributed by atoms with E-state index in [0.29, 0.717) is 30.3 Å². The second-order valence-electron chi connectivity index (χ2n) is 5.95. The van der Waals surface area contributed by atoms with Crippen LogP contribution in [0, 0.1) is 28.6 Å². The first-order valence-corrected chi connectivity index (χ1v) is 6.98. The van der Waals surface area contributed by atoms with Crippen LogP contribution in [0.3, 0.4) is 0 Å². The van der Waals surface area contributed by atoms with Gasteiger partial charge in [0, 0.05) is 19.6 Å². The lowest BCUT2D eigenvalue weighted by atomic mass is 9.79. The number of aliphatic hydroxyl groups excluding tert-OH is 1. The minimum absolute atomic E-state index is 0.304. The highest BCUT2D eigenvalue weighted by atomic mass is 16.3. The van der Waals surface area contributed by atoms with Gasteiger partial charge in [0.25, 0.3) is 0 Å². The molecule has 3 heteroatoms. The predicted octanol–water partition coefficient (Wildman–Crippen LogP) is 2.07.